The molecule has 5 nitrogen and oxygen atoms in total. The average Bonchev–Trinajstić information content (AvgIpc) is 2.62. The highest BCUT2D eigenvalue weighted by atomic mass is 32.2. The molecule has 0 radical (unpaired) electrons. The molecule has 0 unspecified atom stereocenters. The van der Waals surface area contributed by atoms with E-state index >= 15 is 0 Å². The largest absolute Gasteiger partial charge is 0.370 e. The van der Waals surface area contributed by atoms with Crippen LogP contribution in [0.3, 0.4) is 0 Å². The molecule has 0 bridgehead atoms. The summed E-state index contributed by atoms with van der Waals surface area (Å²) in [6.45, 7) is 9.84. The van der Waals surface area contributed by atoms with E-state index in [-0.39, 0.29) is 19.5 Å². The number of carbonyl (C=O) groups is 1. The Morgan fingerprint density at radius 1 is 0.889 bits per heavy atom. The summed E-state index contributed by atoms with van der Waals surface area (Å²) < 4.78 is 28.5. The Hall–Kier alpha value is -2.18. The van der Waals surface area contributed by atoms with Gasteiger partial charge >= 0.3 is 0 Å². The summed E-state index contributed by atoms with van der Waals surface area (Å²) in [4.78, 5) is 11.6. The number of hydrogen-bond donors (Lipinski definition) is 1. The van der Waals surface area contributed by atoms with E-state index in [1.54, 1.807) is 0 Å². The van der Waals surface area contributed by atoms with Gasteiger partial charge in [-0.1, -0.05) is 30.3 Å². The van der Waals surface area contributed by atoms with Crippen LogP contribution in [0.15, 0.2) is 35.2 Å². The number of nitrogens with zero attached hydrogens (tertiary/aromatic N) is 1. The molecule has 27 heavy (non-hydrogen) atoms. The van der Waals surface area contributed by atoms with Gasteiger partial charge in [-0.3, -0.25) is 4.79 Å². The van der Waals surface area contributed by atoms with Crippen molar-refractivity contribution in [1.29, 1.82) is 0 Å². The van der Waals surface area contributed by atoms with Crippen molar-refractivity contribution in [3.05, 3.63) is 63.7 Å². The van der Waals surface area contributed by atoms with Gasteiger partial charge in [-0.25, -0.2) is 8.42 Å². The summed E-state index contributed by atoms with van der Waals surface area (Å²) in [6.07, 6.45) is -0.0199. The monoisotopic (exact) mass is 388 g/mol. The summed E-state index contributed by atoms with van der Waals surface area (Å²) in [5.41, 5.74) is 10.7. The first-order valence-corrected chi connectivity index (χ1v) is 10.4. The minimum atomic E-state index is -3.79. The maximum Gasteiger partial charge on any atom is 0.243 e. The fourth-order valence-corrected chi connectivity index (χ4v) is 5.28. The summed E-state index contributed by atoms with van der Waals surface area (Å²) >= 11 is 0. The first-order chi connectivity index (χ1) is 12.6. The number of primary amides is 1. The lowest BCUT2D eigenvalue weighted by Crippen LogP contribution is -2.34. The van der Waals surface area contributed by atoms with Gasteiger partial charge in [-0.05, 0) is 68.0 Å². The van der Waals surface area contributed by atoms with Crippen LogP contribution >= 0.6 is 0 Å². The molecule has 0 aliphatic rings. The van der Waals surface area contributed by atoms with Gasteiger partial charge in [0.1, 0.15) is 0 Å². The molecule has 0 atom stereocenters. The lowest BCUT2D eigenvalue weighted by atomic mass is 9.95. The third-order valence-corrected chi connectivity index (χ3v) is 7.46. The highest BCUT2D eigenvalue weighted by Gasteiger charge is 2.30. The molecule has 146 valence electrons. The van der Waals surface area contributed by atoms with Crippen molar-refractivity contribution in [2.45, 2.75) is 52.5 Å². The van der Waals surface area contributed by atoms with Crippen molar-refractivity contribution >= 4 is 15.9 Å². The molecule has 1 amide bonds. The normalized spacial score (nSPS) is 11.8. The number of nitrogens with two attached hydrogens (primary N) is 1. The van der Waals surface area contributed by atoms with Crippen LogP contribution in [0.1, 0.15) is 39.8 Å². The smallest absolute Gasteiger partial charge is 0.243 e. The molecule has 6 heteroatoms. The Balaban J connectivity index is 2.58. The van der Waals surface area contributed by atoms with Crippen LogP contribution in [0.4, 0.5) is 0 Å². The molecule has 2 aromatic rings. The molecule has 0 fully saturated rings. The fraction of sp³-hybridized carbons (Fsp3) is 0.381. The van der Waals surface area contributed by atoms with Gasteiger partial charge < -0.3 is 5.73 Å². The summed E-state index contributed by atoms with van der Waals surface area (Å²) in [5, 5.41) is 0. The summed E-state index contributed by atoms with van der Waals surface area (Å²) in [6, 6.07) is 9.36. The van der Waals surface area contributed by atoms with Gasteiger partial charge in [0.05, 0.1) is 4.90 Å². The second-order valence-electron chi connectivity index (χ2n) is 6.99. The number of amides is 1. The molecule has 0 saturated carbocycles. The third-order valence-electron chi connectivity index (χ3n) is 5.34. The van der Waals surface area contributed by atoms with Crippen molar-refractivity contribution in [2.24, 2.45) is 5.73 Å². The molecule has 0 aliphatic heterocycles. The Labute approximate surface area is 162 Å². The highest BCUT2D eigenvalue weighted by molar-refractivity contribution is 7.89. The Kier molecular flexibility index (Phi) is 6.44. The first kappa shape index (κ1) is 21.1. The Bertz CT molecular complexity index is 922. The molecular weight excluding hydrogens is 360 g/mol. The zero-order chi connectivity index (χ0) is 20.4. The van der Waals surface area contributed by atoms with Crippen molar-refractivity contribution < 1.29 is 13.2 Å². The van der Waals surface area contributed by atoms with Crippen LogP contribution in [0.5, 0.6) is 0 Å². The summed E-state index contributed by atoms with van der Waals surface area (Å²) in [7, 11) is -3.79. The quantitative estimate of drug-likeness (QED) is 0.790. The predicted molar refractivity (Wildman–Crippen MR) is 108 cm³/mol. The van der Waals surface area contributed by atoms with Gasteiger partial charge in [-0.15, -0.1) is 0 Å². The zero-order valence-electron chi connectivity index (χ0n) is 16.7. The number of carbonyl (C=O) groups excluding carboxylic acids is 1. The molecule has 0 aromatic heterocycles. The SMILES string of the molecule is Cc1c(C)c(C)c(S(=O)(=O)N(CCC(N)=O)Cc2ccccc2)c(C)c1C. The zero-order valence-corrected chi connectivity index (χ0v) is 17.5. The van der Waals surface area contributed by atoms with Gasteiger partial charge in [0.15, 0.2) is 0 Å². The van der Waals surface area contributed by atoms with E-state index in [1.165, 1.54) is 4.31 Å². The van der Waals surface area contributed by atoms with E-state index in [2.05, 4.69) is 0 Å². The lowest BCUT2D eigenvalue weighted by molar-refractivity contribution is -0.118. The minimum absolute atomic E-state index is 0.0199. The molecule has 0 heterocycles. The van der Waals surface area contributed by atoms with Crippen LogP contribution in [0, 0.1) is 34.6 Å². The Morgan fingerprint density at radius 2 is 1.37 bits per heavy atom. The lowest BCUT2D eigenvalue weighted by Gasteiger charge is -2.26. The van der Waals surface area contributed by atoms with Gasteiger partial charge in [-0.2, -0.15) is 4.31 Å². The molecule has 2 N–H and O–H groups in total. The van der Waals surface area contributed by atoms with Crippen LogP contribution in [-0.4, -0.2) is 25.2 Å². The number of rotatable bonds is 7. The fourth-order valence-electron chi connectivity index (χ4n) is 3.29. The average molecular weight is 389 g/mol. The van der Waals surface area contributed by atoms with Crippen LogP contribution in [0.2, 0.25) is 0 Å². The van der Waals surface area contributed by atoms with E-state index in [4.69, 9.17) is 5.73 Å². The molecular formula is C21H28N2O3S. The van der Waals surface area contributed by atoms with Crippen LogP contribution in [0.25, 0.3) is 0 Å². The second kappa shape index (κ2) is 8.23. The van der Waals surface area contributed by atoms with Crippen molar-refractivity contribution in [2.75, 3.05) is 6.54 Å². The number of benzene rings is 2. The Morgan fingerprint density at radius 3 is 1.85 bits per heavy atom. The highest BCUT2D eigenvalue weighted by Crippen LogP contribution is 2.32. The number of sulfonamides is 1. The third kappa shape index (κ3) is 4.39. The molecule has 2 rings (SSSR count). The standard InChI is InChI=1S/C21H28N2O3S/c1-14-15(2)17(4)21(18(5)16(14)3)27(25,26)23(12-11-20(22)24)13-19-9-7-6-8-10-19/h6-10H,11-13H2,1-5H3,(H2,22,24). The predicted octanol–water partition coefficient (Wildman–Crippen LogP) is 3.30. The maximum atomic E-state index is 13.6. The summed E-state index contributed by atoms with van der Waals surface area (Å²) in [5.74, 6) is -0.520. The molecule has 0 saturated heterocycles. The molecule has 0 aliphatic carbocycles. The van der Waals surface area contributed by atoms with E-state index in [9.17, 15) is 13.2 Å². The number of hydrogen-bond acceptors (Lipinski definition) is 3. The first-order valence-electron chi connectivity index (χ1n) is 8.96. The minimum Gasteiger partial charge on any atom is -0.370 e. The second-order valence-corrected chi connectivity index (χ2v) is 8.87. The molecule has 0 spiro atoms. The van der Waals surface area contributed by atoms with Crippen LogP contribution in [-0.2, 0) is 21.4 Å². The topological polar surface area (TPSA) is 80.5 Å². The van der Waals surface area contributed by atoms with Crippen molar-refractivity contribution in [3.63, 3.8) is 0 Å². The van der Waals surface area contributed by atoms with E-state index < -0.39 is 15.9 Å². The van der Waals surface area contributed by atoms with E-state index in [1.807, 2.05) is 65.0 Å². The van der Waals surface area contributed by atoms with Crippen molar-refractivity contribution in [3.8, 4) is 0 Å². The maximum absolute atomic E-state index is 13.6. The van der Waals surface area contributed by atoms with Gasteiger partial charge in [0, 0.05) is 19.5 Å². The van der Waals surface area contributed by atoms with Crippen molar-refractivity contribution in [1.82, 2.24) is 4.31 Å². The molecule has 2 aromatic carbocycles. The van der Waals surface area contributed by atoms with Gasteiger partial charge in [0.25, 0.3) is 0 Å². The van der Waals surface area contributed by atoms with Crippen LogP contribution < -0.4 is 5.73 Å². The van der Waals surface area contributed by atoms with E-state index in [0.717, 1.165) is 33.4 Å². The van der Waals surface area contributed by atoms with E-state index in [0.29, 0.717) is 4.90 Å². The van der Waals surface area contributed by atoms with Gasteiger partial charge in [0.2, 0.25) is 15.9 Å².